The number of ether oxygens (including phenoxy) is 3. The third kappa shape index (κ3) is 3.13. The Morgan fingerprint density at radius 3 is 1.16 bits per heavy atom. The second-order valence-electron chi connectivity index (χ2n) is 7.75. The Morgan fingerprint density at radius 1 is 0.516 bits per heavy atom. The number of hydrogen-bond acceptors (Lipinski definition) is 3. The Kier molecular flexibility index (Phi) is 5.00. The lowest BCUT2D eigenvalue weighted by molar-refractivity contribution is 0.358. The highest BCUT2D eigenvalue weighted by atomic mass is 35.5. The molecule has 3 aliphatic rings. The van der Waals surface area contributed by atoms with Gasteiger partial charge in [0.1, 0.15) is 17.2 Å². The molecule has 0 saturated carbocycles. The molecule has 0 spiro atoms. The summed E-state index contributed by atoms with van der Waals surface area (Å²) >= 11 is 19.5. The maximum Gasteiger partial charge on any atom is 0.132 e. The summed E-state index contributed by atoms with van der Waals surface area (Å²) < 4.78 is 18.4. The molecule has 0 amide bonds. The minimum atomic E-state index is -1.04. The summed E-state index contributed by atoms with van der Waals surface area (Å²) in [6.45, 7) is 1.92. The van der Waals surface area contributed by atoms with Crippen molar-refractivity contribution in [1.29, 1.82) is 0 Å². The van der Waals surface area contributed by atoms with Gasteiger partial charge in [-0.05, 0) is 44.3 Å². The molecule has 0 saturated heterocycles. The highest BCUT2D eigenvalue weighted by molar-refractivity contribution is 7.80. The number of hydrogen-bond donors (Lipinski definition) is 0. The highest BCUT2D eigenvalue weighted by Gasteiger charge is 2.34. The summed E-state index contributed by atoms with van der Waals surface area (Å²) in [6, 6.07) is 12.2. The van der Waals surface area contributed by atoms with E-state index in [0.29, 0.717) is 19.8 Å². The van der Waals surface area contributed by atoms with Crippen LogP contribution in [0.15, 0.2) is 36.4 Å². The Bertz CT molecular complexity index is 1080. The van der Waals surface area contributed by atoms with Gasteiger partial charge in [-0.15, -0.1) is 0 Å². The van der Waals surface area contributed by atoms with Crippen LogP contribution in [0.5, 0.6) is 17.2 Å². The van der Waals surface area contributed by atoms with Gasteiger partial charge in [0.05, 0.1) is 19.8 Å². The van der Waals surface area contributed by atoms with E-state index in [0.717, 1.165) is 84.2 Å². The zero-order valence-corrected chi connectivity index (χ0v) is 19.7. The minimum Gasteiger partial charge on any atom is -0.492 e. The lowest BCUT2D eigenvalue weighted by Gasteiger charge is -2.25. The Balaban J connectivity index is 1.64. The smallest absolute Gasteiger partial charge is 0.132 e. The van der Waals surface area contributed by atoms with Crippen molar-refractivity contribution in [3.05, 3.63) is 68.2 Å². The second kappa shape index (κ2) is 7.74. The van der Waals surface area contributed by atoms with E-state index in [9.17, 15) is 0 Å². The van der Waals surface area contributed by atoms with Crippen LogP contribution in [0.4, 0.5) is 0 Å². The van der Waals surface area contributed by atoms with E-state index >= 15 is 0 Å². The average molecular weight is 492 g/mol. The predicted octanol–water partition coefficient (Wildman–Crippen LogP) is 5.21. The lowest BCUT2D eigenvalue weighted by atomic mass is 10.1. The molecule has 0 aromatic heterocycles. The number of halogens is 3. The highest BCUT2D eigenvalue weighted by Crippen LogP contribution is 2.49. The van der Waals surface area contributed by atoms with Gasteiger partial charge in [-0.25, -0.2) is 0 Å². The molecule has 7 heteroatoms. The topological polar surface area (TPSA) is 27.7 Å². The summed E-state index contributed by atoms with van der Waals surface area (Å²) in [5.41, 5.74) is 3.22. The maximum atomic E-state index is 6.51. The third-order valence-corrected chi connectivity index (χ3v) is 9.63. The van der Waals surface area contributed by atoms with Gasteiger partial charge >= 0.3 is 0 Å². The predicted molar refractivity (Wildman–Crippen MR) is 128 cm³/mol. The largest absolute Gasteiger partial charge is 0.492 e. The van der Waals surface area contributed by atoms with E-state index in [1.165, 1.54) is 0 Å². The van der Waals surface area contributed by atoms with Crippen LogP contribution in [0.2, 0.25) is 15.1 Å². The molecule has 0 atom stereocenters. The van der Waals surface area contributed by atoms with Crippen molar-refractivity contribution in [2.45, 2.75) is 19.3 Å². The molecule has 3 aromatic carbocycles. The number of rotatable bonds is 3. The van der Waals surface area contributed by atoms with Crippen LogP contribution in [-0.2, 0) is 19.3 Å². The van der Waals surface area contributed by atoms with Gasteiger partial charge in [0, 0.05) is 66.9 Å². The van der Waals surface area contributed by atoms with Crippen molar-refractivity contribution in [2.24, 2.45) is 0 Å². The van der Waals surface area contributed by atoms with Gasteiger partial charge in [-0.3, -0.25) is 0 Å². The summed E-state index contributed by atoms with van der Waals surface area (Å²) in [4.78, 5) is 0. The van der Waals surface area contributed by atoms with Gasteiger partial charge in [0.2, 0.25) is 0 Å². The van der Waals surface area contributed by atoms with Gasteiger partial charge in [-0.1, -0.05) is 34.8 Å². The molecule has 3 nitrogen and oxygen atoms in total. The first kappa shape index (κ1) is 20.0. The van der Waals surface area contributed by atoms with Gasteiger partial charge in [0.25, 0.3) is 0 Å². The van der Waals surface area contributed by atoms with Crippen LogP contribution in [0.1, 0.15) is 16.7 Å². The molecule has 0 unspecified atom stereocenters. The molecule has 0 aliphatic carbocycles. The van der Waals surface area contributed by atoms with Crippen LogP contribution in [-0.4, -0.2) is 19.8 Å². The SMILES string of the molecule is Clc1ccc(P(c2ccc(Cl)c3c2OCC3)c2ccc(Cl)c3c2OCC3)c2c1CCO2. The summed E-state index contributed by atoms with van der Waals surface area (Å²) in [6.07, 6.45) is 2.45. The molecule has 3 aromatic rings. The van der Waals surface area contributed by atoms with Crippen molar-refractivity contribution < 1.29 is 14.2 Å². The minimum absolute atomic E-state index is 0.639. The van der Waals surface area contributed by atoms with Crippen LogP contribution < -0.4 is 30.1 Å². The molecular weight excluding hydrogens is 474 g/mol. The first-order valence-corrected chi connectivity index (χ1v) is 12.7. The quantitative estimate of drug-likeness (QED) is 0.471. The average Bonchev–Trinajstić information content (AvgIpc) is 3.53. The van der Waals surface area contributed by atoms with E-state index in [4.69, 9.17) is 49.0 Å². The standard InChI is InChI=1S/C24H18Cl3O3P/c25-16-1-4-19(22-13(16)7-10-28-22)31(20-5-2-17(26)14-8-11-29-23(14)20)21-6-3-18(27)15-9-12-30-24(15)21/h1-6H,7-12H2. The van der Waals surface area contributed by atoms with E-state index in [1.807, 2.05) is 18.2 Å². The molecule has 3 aliphatic heterocycles. The molecular formula is C24H18Cl3O3P. The Labute approximate surface area is 196 Å². The molecule has 0 N–H and O–H groups in total. The fraction of sp³-hybridized carbons (Fsp3) is 0.250. The van der Waals surface area contributed by atoms with Crippen molar-refractivity contribution in [3.63, 3.8) is 0 Å². The zero-order chi connectivity index (χ0) is 21.1. The van der Waals surface area contributed by atoms with Crippen LogP contribution in [0.3, 0.4) is 0 Å². The van der Waals surface area contributed by atoms with E-state index < -0.39 is 7.92 Å². The molecule has 0 radical (unpaired) electrons. The summed E-state index contributed by atoms with van der Waals surface area (Å²) in [7, 11) is -1.04. The molecule has 3 heterocycles. The van der Waals surface area contributed by atoms with Crippen molar-refractivity contribution in [3.8, 4) is 17.2 Å². The number of benzene rings is 3. The zero-order valence-electron chi connectivity index (χ0n) is 16.5. The van der Waals surface area contributed by atoms with Crippen molar-refractivity contribution in [2.75, 3.05) is 19.8 Å². The molecule has 0 bridgehead atoms. The van der Waals surface area contributed by atoms with E-state index in [2.05, 4.69) is 18.2 Å². The van der Waals surface area contributed by atoms with Crippen molar-refractivity contribution in [1.82, 2.24) is 0 Å². The lowest BCUT2D eigenvalue weighted by Crippen LogP contribution is -2.24. The maximum absolute atomic E-state index is 6.51. The Hall–Kier alpha value is -1.64. The van der Waals surface area contributed by atoms with Gasteiger partial charge in [-0.2, -0.15) is 0 Å². The fourth-order valence-corrected chi connectivity index (χ4v) is 8.03. The van der Waals surface area contributed by atoms with Gasteiger partial charge in [0.15, 0.2) is 0 Å². The summed E-state index contributed by atoms with van der Waals surface area (Å²) in [5, 5.41) is 5.61. The van der Waals surface area contributed by atoms with Crippen LogP contribution >= 0.6 is 42.7 Å². The molecule has 158 valence electrons. The Morgan fingerprint density at radius 2 is 0.839 bits per heavy atom. The first-order chi connectivity index (χ1) is 15.1. The first-order valence-electron chi connectivity index (χ1n) is 10.3. The van der Waals surface area contributed by atoms with Crippen LogP contribution in [0, 0.1) is 0 Å². The van der Waals surface area contributed by atoms with Crippen LogP contribution in [0.25, 0.3) is 0 Å². The summed E-state index contributed by atoms with van der Waals surface area (Å²) in [5.74, 6) is 2.67. The second-order valence-corrected chi connectivity index (χ2v) is 11.1. The van der Waals surface area contributed by atoms with E-state index in [-0.39, 0.29) is 0 Å². The molecule has 31 heavy (non-hydrogen) atoms. The third-order valence-electron chi connectivity index (χ3n) is 6.07. The monoisotopic (exact) mass is 490 g/mol. The normalized spacial score (nSPS) is 15.9. The fourth-order valence-electron chi connectivity index (χ4n) is 4.64. The number of fused-ring (bicyclic) bond motifs is 3. The van der Waals surface area contributed by atoms with Crippen molar-refractivity contribution >= 4 is 58.6 Å². The molecule has 6 rings (SSSR count). The van der Waals surface area contributed by atoms with Gasteiger partial charge < -0.3 is 14.2 Å². The molecule has 0 fully saturated rings. The van der Waals surface area contributed by atoms with E-state index in [1.54, 1.807) is 0 Å².